The summed E-state index contributed by atoms with van der Waals surface area (Å²) in [6, 6.07) is 19.8. The molecule has 4 N–H and O–H groups in total. The minimum Gasteiger partial charge on any atom is -0.493 e. The fraction of sp³-hybridized carbons (Fsp3) is 0.429. The summed E-state index contributed by atoms with van der Waals surface area (Å²) in [6.45, 7) is 5.13. The van der Waals surface area contributed by atoms with Crippen molar-refractivity contribution in [2.45, 2.75) is 50.1 Å². The van der Waals surface area contributed by atoms with Crippen molar-refractivity contribution in [3.8, 4) is 11.5 Å². The monoisotopic (exact) mass is 707 g/mol. The first-order valence-electron chi connectivity index (χ1n) is 15.4. The van der Waals surface area contributed by atoms with E-state index in [4.69, 9.17) is 62.6 Å². The molecule has 0 radical (unpaired) electrons. The molecule has 3 aromatic rings. The van der Waals surface area contributed by atoms with Gasteiger partial charge in [0.05, 0.1) is 33.0 Å². The number of nitrogens with zero attached hydrogens (tertiary/aromatic N) is 1. The lowest BCUT2D eigenvalue weighted by atomic mass is 9.81. The fourth-order valence-corrected chi connectivity index (χ4v) is 5.65. The van der Waals surface area contributed by atoms with Crippen molar-refractivity contribution in [1.29, 1.82) is 0 Å². The number of benzene rings is 3. The van der Waals surface area contributed by atoms with Crippen LogP contribution in [0.1, 0.15) is 48.1 Å². The maximum absolute atomic E-state index is 9.77. The maximum Gasteiger partial charge on any atom is 0.335 e. The van der Waals surface area contributed by atoms with E-state index < -0.39 is 24.1 Å². The number of carboxylic acid groups (broad SMARTS) is 2. The third-order valence-electron chi connectivity index (χ3n) is 8.23. The molecule has 3 aromatic carbocycles. The van der Waals surface area contributed by atoms with Crippen LogP contribution in [0.5, 0.6) is 11.5 Å². The highest BCUT2D eigenvalue weighted by Gasteiger charge is 2.37. The number of hydrogen-bond donors (Lipinski definition) is 4. The van der Waals surface area contributed by atoms with Crippen molar-refractivity contribution in [2.75, 3.05) is 47.6 Å². The van der Waals surface area contributed by atoms with Crippen LogP contribution in [-0.2, 0) is 31.1 Å². The van der Waals surface area contributed by atoms with E-state index in [-0.39, 0.29) is 11.7 Å². The van der Waals surface area contributed by atoms with Gasteiger partial charge in [0.2, 0.25) is 0 Å². The Balaban J connectivity index is 0.000000542. The minimum absolute atomic E-state index is 0.198. The molecule has 11 nitrogen and oxygen atoms in total. The Morgan fingerprint density at radius 3 is 1.83 bits per heavy atom. The predicted molar refractivity (Wildman–Crippen MR) is 181 cm³/mol. The summed E-state index contributed by atoms with van der Waals surface area (Å²) >= 11 is 12.3. The van der Waals surface area contributed by atoms with Crippen molar-refractivity contribution in [3.63, 3.8) is 0 Å². The maximum atomic E-state index is 9.77. The van der Waals surface area contributed by atoms with E-state index in [2.05, 4.69) is 31.0 Å². The van der Waals surface area contributed by atoms with E-state index in [0.29, 0.717) is 23.3 Å². The number of halogens is 2. The Labute approximate surface area is 290 Å². The Morgan fingerprint density at radius 1 is 0.875 bits per heavy atom. The standard InChI is InChI=1S/C31H37Cl2NO4.C4H6O6/c1-5-31(27-21-29(36-4)28(35-3)20-24(27)14-18-38-31)15-16-34(2)17-19-37-30(22-6-10-25(32)11-7-22)23-8-12-26(33)13-9-23;5-1(3(7)8)2(6)4(9)10/h6-13,20-21,30H,5,14-19H2,1-4H3;1-2,5-6H,(H,7,8)(H,9,10). The molecule has 1 heterocycles. The number of likely N-dealkylation sites (N-methyl/N-ethyl adjacent to an activating group) is 1. The number of aliphatic hydroxyl groups is 2. The van der Waals surface area contributed by atoms with Gasteiger partial charge in [-0.1, -0.05) is 54.4 Å². The second kappa shape index (κ2) is 18.4. The average molecular weight is 709 g/mol. The summed E-state index contributed by atoms with van der Waals surface area (Å²) in [7, 11) is 5.49. The van der Waals surface area contributed by atoms with Gasteiger partial charge in [0.1, 0.15) is 6.10 Å². The first-order chi connectivity index (χ1) is 22.8. The number of fused-ring (bicyclic) bond motifs is 1. The molecule has 0 bridgehead atoms. The van der Waals surface area contributed by atoms with Gasteiger partial charge in [0, 0.05) is 23.1 Å². The Kier molecular flexibility index (Phi) is 14.9. The summed E-state index contributed by atoms with van der Waals surface area (Å²) in [5, 5.41) is 33.9. The number of methoxy groups -OCH3 is 2. The topological polar surface area (TPSA) is 155 Å². The number of hydrogen-bond acceptors (Lipinski definition) is 9. The molecule has 0 saturated heterocycles. The molecule has 0 aliphatic carbocycles. The Morgan fingerprint density at radius 2 is 1.38 bits per heavy atom. The highest BCUT2D eigenvalue weighted by Crippen LogP contribution is 2.43. The van der Waals surface area contributed by atoms with Crippen molar-refractivity contribution >= 4 is 35.1 Å². The number of carboxylic acids is 2. The zero-order valence-corrected chi connectivity index (χ0v) is 28.9. The molecule has 0 fully saturated rings. The molecule has 3 atom stereocenters. The molecular formula is C35H43Cl2NO10. The smallest absolute Gasteiger partial charge is 0.335 e. The second-order valence-corrected chi connectivity index (χ2v) is 12.2. The lowest BCUT2D eigenvalue weighted by Crippen LogP contribution is -2.39. The van der Waals surface area contributed by atoms with Gasteiger partial charge in [-0.25, -0.2) is 9.59 Å². The quantitative estimate of drug-likeness (QED) is 0.165. The normalized spacial score (nSPS) is 16.8. The zero-order valence-electron chi connectivity index (χ0n) is 27.4. The van der Waals surface area contributed by atoms with E-state index in [1.54, 1.807) is 14.2 Å². The number of aliphatic carboxylic acids is 2. The molecular weight excluding hydrogens is 665 g/mol. The average Bonchev–Trinajstić information content (AvgIpc) is 3.09. The van der Waals surface area contributed by atoms with Gasteiger partial charge < -0.3 is 44.3 Å². The number of carbonyl (C=O) groups is 2. The zero-order chi connectivity index (χ0) is 35.4. The summed E-state index contributed by atoms with van der Waals surface area (Å²) in [5.74, 6) is -2.03. The lowest BCUT2D eigenvalue weighted by Gasteiger charge is -2.40. The molecule has 4 rings (SSSR count). The van der Waals surface area contributed by atoms with Crippen LogP contribution in [0.3, 0.4) is 0 Å². The molecule has 48 heavy (non-hydrogen) atoms. The molecule has 0 aromatic heterocycles. The van der Waals surface area contributed by atoms with Gasteiger partial charge in [0.25, 0.3) is 0 Å². The summed E-state index contributed by atoms with van der Waals surface area (Å²) in [6.07, 6.45) is -2.10. The number of aliphatic hydroxyl groups excluding tert-OH is 2. The first kappa shape index (κ1) is 39.0. The lowest BCUT2D eigenvalue weighted by molar-refractivity contribution is -0.165. The van der Waals surface area contributed by atoms with Gasteiger partial charge in [-0.3, -0.25) is 0 Å². The largest absolute Gasteiger partial charge is 0.493 e. The molecule has 1 aliphatic heterocycles. The van der Waals surface area contributed by atoms with Crippen molar-refractivity contribution in [1.82, 2.24) is 4.90 Å². The first-order valence-corrected chi connectivity index (χ1v) is 16.1. The van der Waals surface area contributed by atoms with Crippen LogP contribution in [0.2, 0.25) is 10.0 Å². The summed E-state index contributed by atoms with van der Waals surface area (Å²) < 4.78 is 24.0. The SMILES string of the molecule is CCC1(CCN(C)CCOC(c2ccc(Cl)cc2)c2ccc(Cl)cc2)OCCc2cc(OC)c(OC)cc21.O=C(O)C(O)C(O)C(=O)O. The molecule has 262 valence electrons. The summed E-state index contributed by atoms with van der Waals surface area (Å²) in [5.41, 5.74) is 4.24. The Hall–Kier alpha value is -3.42. The molecule has 0 saturated carbocycles. The highest BCUT2D eigenvalue weighted by molar-refractivity contribution is 6.30. The van der Waals surface area contributed by atoms with Crippen molar-refractivity contribution < 1.29 is 49.0 Å². The fourth-order valence-electron chi connectivity index (χ4n) is 5.40. The van der Waals surface area contributed by atoms with Crippen LogP contribution in [0, 0.1) is 0 Å². The van der Waals surface area contributed by atoms with Crippen LogP contribution in [0.25, 0.3) is 0 Å². The van der Waals surface area contributed by atoms with Gasteiger partial charge in [-0.15, -0.1) is 0 Å². The third-order valence-corrected chi connectivity index (χ3v) is 8.73. The van der Waals surface area contributed by atoms with Crippen LogP contribution in [-0.4, -0.2) is 97.0 Å². The van der Waals surface area contributed by atoms with Crippen molar-refractivity contribution in [3.05, 3.63) is 93.0 Å². The van der Waals surface area contributed by atoms with Crippen LogP contribution >= 0.6 is 23.2 Å². The number of rotatable bonds is 15. The van der Waals surface area contributed by atoms with Gasteiger partial charge in [0.15, 0.2) is 23.7 Å². The molecule has 1 aliphatic rings. The molecule has 0 amide bonds. The predicted octanol–water partition coefficient (Wildman–Crippen LogP) is 5.19. The molecule has 3 unspecified atom stereocenters. The van der Waals surface area contributed by atoms with Gasteiger partial charge >= 0.3 is 11.9 Å². The van der Waals surface area contributed by atoms with E-state index in [1.165, 1.54) is 11.1 Å². The van der Waals surface area contributed by atoms with Crippen LogP contribution < -0.4 is 9.47 Å². The van der Waals surface area contributed by atoms with Gasteiger partial charge in [-0.2, -0.15) is 0 Å². The van der Waals surface area contributed by atoms with E-state index in [1.807, 2.05) is 48.5 Å². The molecule has 13 heteroatoms. The summed E-state index contributed by atoms with van der Waals surface area (Å²) in [4.78, 5) is 21.8. The Bertz CT molecular complexity index is 1420. The minimum atomic E-state index is -2.27. The van der Waals surface area contributed by atoms with E-state index in [9.17, 15) is 9.59 Å². The van der Waals surface area contributed by atoms with Crippen molar-refractivity contribution in [2.24, 2.45) is 0 Å². The van der Waals surface area contributed by atoms with Crippen LogP contribution in [0.15, 0.2) is 60.7 Å². The van der Waals surface area contributed by atoms with Crippen LogP contribution in [0.4, 0.5) is 0 Å². The van der Waals surface area contributed by atoms with Gasteiger partial charge in [-0.05, 0) is 85.0 Å². The van der Waals surface area contributed by atoms with E-state index >= 15 is 0 Å². The molecule has 0 spiro atoms. The van der Waals surface area contributed by atoms with E-state index in [0.717, 1.165) is 55.0 Å². The second-order valence-electron chi connectivity index (χ2n) is 11.3. The highest BCUT2D eigenvalue weighted by atomic mass is 35.5. The third kappa shape index (κ3) is 10.3. The number of ether oxygens (including phenoxy) is 4.